The molecule has 6 heteroatoms. The molecule has 0 atom stereocenters. The van der Waals surface area contributed by atoms with E-state index in [0.717, 1.165) is 5.56 Å². The highest BCUT2D eigenvalue weighted by Crippen LogP contribution is 2.04. The molecule has 0 radical (unpaired) electrons. The van der Waals surface area contributed by atoms with E-state index in [2.05, 4.69) is 20.6 Å². The van der Waals surface area contributed by atoms with Crippen LogP contribution in [-0.2, 0) is 7.05 Å². The quantitative estimate of drug-likeness (QED) is 0.559. The van der Waals surface area contributed by atoms with Crippen LogP contribution in [0.5, 0.6) is 0 Å². The van der Waals surface area contributed by atoms with Gasteiger partial charge in [-0.15, -0.1) is 0 Å². The number of anilines is 1. The fraction of sp³-hybridized carbons (Fsp3) is 0.200. The predicted molar refractivity (Wildman–Crippen MR) is 61.2 cm³/mol. The summed E-state index contributed by atoms with van der Waals surface area (Å²) in [6.07, 6.45) is 1.76. The highest BCUT2D eigenvalue weighted by atomic mass is 15.6. The van der Waals surface area contributed by atoms with E-state index in [1.807, 2.05) is 30.3 Å². The molecule has 0 fully saturated rings. The summed E-state index contributed by atoms with van der Waals surface area (Å²) in [4.78, 5) is 0. The lowest BCUT2D eigenvalue weighted by atomic mass is 10.2. The summed E-state index contributed by atoms with van der Waals surface area (Å²) >= 11 is 0. The molecule has 0 unspecified atom stereocenters. The molecule has 0 saturated heterocycles. The zero-order valence-electron chi connectivity index (χ0n) is 9.15. The monoisotopic (exact) mass is 216 g/mol. The SMILES string of the molecule is CN(N=Cc1ccccc1)c1nnnn1C. The van der Waals surface area contributed by atoms with Crippen molar-refractivity contribution in [2.75, 3.05) is 12.1 Å². The van der Waals surface area contributed by atoms with Crippen LogP contribution in [0.15, 0.2) is 35.4 Å². The minimum Gasteiger partial charge on any atom is -0.234 e. The smallest absolute Gasteiger partial charge is 0.234 e. The number of nitrogens with zero attached hydrogens (tertiary/aromatic N) is 6. The van der Waals surface area contributed by atoms with E-state index in [9.17, 15) is 0 Å². The molecule has 0 amide bonds. The number of aryl methyl sites for hydroxylation is 1. The third-order valence-electron chi connectivity index (χ3n) is 2.07. The number of hydrogen-bond donors (Lipinski definition) is 0. The van der Waals surface area contributed by atoms with E-state index in [1.165, 1.54) is 0 Å². The Morgan fingerprint density at radius 2 is 2.06 bits per heavy atom. The zero-order valence-corrected chi connectivity index (χ0v) is 9.15. The molecule has 0 spiro atoms. The summed E-state index contributed by atoms with van der Waals surface area (Å²) in [5, 5.41) is 17.0. The number of aromatic nitrogens is 4. The summed E-state index contributed by atoms with van der Waals surface area (Å²) in [6.45, 7) is 0. The number of hydrazone groups is 1. The topological polar surface area (TPSA) is 59.2 Å². The first-order chi connectivity index (χ1) is 7.77. The zero-order chi connectivity index (χ0) is 11.4. The van der Waals surface area contributed by atoms with Gasteiger partial charge < -0.3 is 0 Å². The van der Waals surface area contributed by atoms with Crippen LogP contribution in [0.25, 0.3) is 0 Å². The normalized spacial score (nSPS) is 10.9. The van der Waals surface area contributed by atoms with Crippen molar-refractivity contribution < 1.29 is 0 Å². The van der Waals surface area contributed by atoms with Gasteiger partial charge in [0.15, 0.2) is 0 Å². The molecule has 6 nitrogen and oxygen atoms in total. The van der Waals surface area contributed by atoms with Crippen LogP contribution < -0.4 is 5.01 Å². The fourth-order valence-electron chi connectivity index (χ4n) is 1.24. The van der Waals surface area contributed by atoms with E-state index < -0.39 is 0 Å². The summed E-state index contributed by atoms with van der Waals surface area (Å²) in [5.41, 5.74) is 1.03. The van der Waals surface area contributed by atoms with Gasteiger partial charge in [0.25, 0.3) is 5.95 Å². The molecule has 1 heterocycles. The average molecular weight is 216 g/mol. The molecule has 82 valence electrons. The van der Waals surface area contributed by atoms with Crippen LogP contribution in [0.2, 0.25) is 0 Å². The first-order valence-corrected chi connectivity index (χ1v) is 4.82. The van der Waals surface area contributed by atoms with E-state index in [4.69, 9.17) is 0 Å². The number of benzene rings is 1. The third kappa shape index (κ3) is 2.22. The lowest BCUT2D eigenvalue weighted by molar-refractivity contribution is 0.701. The van der Waals surface area contributed by atoms with Crippen molar-refractivity contribution in [1.29, 1.82) is 0 Å². The van der Waals surface area contributed by atoms with Crippen molar-refractivity contribution in [1.82, 2.24) is 20.2 Å². The van der Waals surface area contributed by atoms with Crippen LogP contribution in [-0.4, -0.2) is 33.5 Å². The first kappa shape index (κ1) is 10.3. The Kier molecular flexibility index (Phi) is 2.90. The molecule has 0 saturated carbocycles. The van der Waals surface area contributed by atoms with Crippen molar-refractivity contribution in [2.45, 2.75) is 0 Å². The van der Waals surface area contributed by atoms with Crippen LogP contribution in [0.3, 0.4) is 0 Å². The standard InChI is InChI=1S/C10H12N6/c1-15(10-12-13-14-16(10)2)11-8-9-6-4-3-5-7-9/h3-8H,1-2H3. The summed E-state index contributed by atoms with van der Waals surface area (Å²) in [5.74, 6) is 0.590. The minimum atomic E-state index is 0.590. The van der Waals surface area contributed by atoms with Gasteiger partial charge in [-0.3, -0.25) is 0 Å². The molecule has 1 aromatic carbocycles. The van der Waals surface area contributed by atoms with Gasteiger partial charge in [-0.1, -0.05) is 35.4 Å². The molecule has 0 aliphatic rings. The molecule has 0 bridgehead atoms. The average Bonchev–Trinajstić information content (AvgIpc) is 2.74. The van der Waals surface area contributed by atoms with E-state index in [0.29, 0.717) is 5.95 Å². The van der Waals surface area contributed by atoms with Gasteiger partial charge in [0.05, 0.1) is 6.21 Å². The molecular formula is C10H12N6. The second-order valence-corrected chi connectivity index (χ2v) is 3.28. The predicted octanol–water partition coefficient (Wildman–Crippen LogP) is 0.680. The van der Waals surface area contributed by atoms with Crippen LogP contribution >= 0.6 is 0 Å². The molecular weight excluding hydrogens is 204 g/mol. The summed E-state index contributed by atoms with van der Waals surface area (Å²) in [6, 6.07) is 9.85. The summed E-state index contributed by atoms with van der Waals surface area (Å²) < 4.78 is 1.56. The highest BCUT2D eigenvalue weighted by molar-refractivity contribution is 5.79. The van der Waals surface area contributed by atoms with Crippen LogP contribution in [0.1, 0.15) is 5.56 Å². The van der Waals surface area contributed by atoms with Crippen molar-refractivity contribution in [2.24, 2.45) is 12.1 Å². The highest BCUT2D eigenvalue weighted by Gasteiger charge is 2.05. The lowest BCUT2D eigenvalue weighted by Crippen LogP contribution is -2.14. The molecule has 2 aromatic rings. The Balaban J connectivity index is 2.11. The van der Waals surface area contributed by atoms with Gasteiger partial charge in [-0.05, 0) is 16.0 Å². The Labute approximate surface area is 93.2 Å². The lowest BCUT2D eigenvalue weighted by Gasteiger charge is -2.08. The minimum absolute atomic E-state index is 0.590. The molecule has 2 rings (SSSR count). The van der Waals surface area contributed by atoms with Gasteiger partial charge in [0.2, 0.25) is 0 Å². The van der Waals surface area contributed by atoms with Crippen LogP contribution in [0.4, 0.5) is 5.95 Å². The fourth-order valence-corrected chi connectivity index (χ4v) is 1.24. The van der Waals surface area contributed by atoms with Crippen LogP contribution in [0, 0.1) is 0 Å². The third-order valence-corrected chi connectivity index (χ3v) is 2.07. The van der Waals surface area contributed by atoms with Crippen molar-refractivity contribution in [3.63, 3.8) is 0 Å². The Hall–Kier alpha value is -2.24. The molecule has 1 aromatic heterocycles. The van der Waals surface area contributed by atoms with Gasteiger partial charge in [-0.2, -0.15) is 5.10 Å². The maximum Gasteiger partial charge on any atom is 0.265 e. The molecule has 0 aliphatic carbocycles. The maximum absolute atomic E-state index is 4.24. The molecule has 0 aliphatic heterocycles. The Morgan fingerprint density at radius 3 is 2.69 bits per heavy atom. The number of rotatable bonds is 3. The largest absolute Gasteiger partial charge is 0.265 e. The van der Waals surface area contributed by atoms with Crippen molar-refractivity contribution in [3.05, 3.63) is 35.9 Å². The Bertz CT molecular complexity index is 475. The molecule has 0 N–H and O–H groups in total. The van der Waals surface area contributed by atoms with E-state index in [-0.39, 0.29) is 0 Å². The first-order valence-electron chi connectivity index (χ1n) is 4.82. The van der Waals surface area contributed by atoms with Gasteiger partial charge in [0.1, 0.15) is 0 Å². The van der Waals surface area contributed by atoms with Crippen molar-refractivity contribution in [3.8, 4) is 0 Å². The van der Waals surface area contributed by atoms with E-state index in [1.54, 1.807) is 30.0 Å². The molecule has 16 heavy (non-hydrogen) atoms. The van der Waals surface area contributed by atoms with Gasteiger partial charge >= 0.3 is 0 Å². The maximum atomic E-state index is 4.24. The van der Waals surface area contributed by atoms with Gasteiger partial charge in [0, 0.05) is 14.1 Å². The second kappa shape index (κ2) is 4.52. The second-order valence-electron chi connectivity index (χ2n) is 3.28. The summed E-state index contributed by atoms with van der Waals surface area (Å²) in [7, 11) is 3.56. The number of tetrazole rings is 1. The van der Waals surface area contributed by atoms with Gasteiger partial charge in [-0.25, -0.2) is 9.69 Å². The number of hydrogen-bond acceptors (Lipinski definition) is 5. The Morgan fingerprint density at radius 1 is 1.31 bits per heavy atom. The van der Waals surface area contributed by atoms with Crippen molar-refractivity contribution >= 4 is 12.2 Å². The van der Waals surface area contributed by atoms with E-state index >= 15 is 0 Å².